The highest BCUT2D eigenvalue weighted by atomic mass is 15.1. The molecule has 11 rings (SSSR count). The van der Waals surface area contributed by atoms with Crippen LogP contribution in [0.5, 0.6) is 0 Å². The van der Waals surface area contributed by atoms with E-state index in [9.17, 15) is 0 Å². The van der Waals surface area contributed by atoms with Gasteiger partial charge in [0.25, 0.3) is 0 Å². The van der Waals surface area contributed by atoms with Gasteiger partial charge in [-0.15, -0.1) is 0 Å². The van der Waals surface area contributed by atoms with Crippen molar-refractivity contribution in [3.63, 3.8) is 0 Å². The molecule has 0 amide bonds. The van der Waals surface area contributed by atoms with Gasteiger partial charge in [0.2, 0.25) is 0 Å². The van der Waals surface area contributed by atoms with Gasteiger partial charge < -0.3 is 4.90 Å². The number of fused-ring (bicyclic) bond motifs is 6. The molecule has 0 unspecified atom stereocenters. The molecular formula is C58H39N. The number of rotatable bonds is 7. The molecule has 1 heteroatoms. The molecule has 276 valence electrons. The lowest BCUT2D eigenvalue weighted by molar-refractivity contribution is 1.29. The maximum absolute atomic E-state index is 2.46. The fourth-order valence-electron chi connectivity index (χ4n) is 9.09. The van der Waals surface area contributed by atoms with E-state index < -0.39 is 0 Å². The first kappa shape index (κ1) is 34.5. The van der Waals surface area contributed by atoms with Gasteiger partial charge in [0.1, 0.15) is 0 Å². The Morgan fingerprint density at radius 2 is 0.729 bits per heavy atom. The fourth-order valence-corrected chi connectivity index (χ4v) is 9.09. The van der Waals surface area contributed by atoms with Gasteiger partial charge >= 0.3 is 0 Å². The minimum Gasteiger partial charge on any atom is -0.310 e. The van der Waals surface area contributed by atoms with E-state index in [-0.39, 0.29) is 0 Å². The van der Waals surface area contributed by atoms with Gasteiger partial charge in [0.05, 0.1) is 5.69 Å². The minimum absolute atomic E-state index is 1.09. The van der Waals surface area contributed by atoms with Crippen LogP contribution in [0.4, 0.5) is 17.1 Å². The summed E-state index contributed by atoms with van der Waals surface area (Å²) in [5, 5.41) is 10.0. The minimum atomic E-state index is 1.09. The van der Waals surface area contributed by atoms with Crippen molar-refractivity contribution in [2.24, 2.45) is 0 Å². The monoisotopic (exact) mass is 749 g/mol. The number of benzene rings is 11. The number of hydrogen-bond acceptors (Lipinski definition) is 1. The summed E-state index contributed by atoms with van der Waals surface area (Å²) in [6.45, 7) is 0. The van der Waals surface area contributed by atoms with Crippen molar-refractivity contribution in [2.75, 3.05) is 4.90 Å². The molecule has 11 aromatic carbocycles. The summed E-state index contributed by atoms with van der Waals surface area (Å²) >= 11 is 0. The molecule has 0 aromatic heterocycles. The lowest BCUT2D eigenvalue weighted by Crippen LogP contribution is -2.12. The van der Waals surface area contributed by atoms with Gasteiger partial charge in [-0.1, -0.05) is 200 Å². The van der Waals surface area contributed by atoms with Gasteiger partial charge in [0.15, 0.2) is 0 Å². The Balaban J connectivity index is 1.16. The average molecular weight is 750 g/mol. The summed E-state index contributed by atoms with van der Waals surface area (Å²) in [6.07, 6.45) is 0. The van der Waals surface area contributed by atoms with Crippen molar-refractivity contribution in [1.29, 1.82) is 0 Å². The Kier molecular flexibility index (Phi) is 8.56. The van der Waals surface area contributed by atoms with Gasteiger partial charge in [0, 0.05) is 16.9 Å². The van der Waals surface area contributed by atoms with Crippen molar-refractivity contribution in [3.8, 4) is 44.5 Å². The van der Waals surface area contributed by atoms with E-state index in [0.717, 1.165) is 17.1 Å². The maximum Gasteiger partial charge on any atom is 0.0546 e. The third-order valence-corrected chi connectivity index (χ3v) is 11.8. The standard InChI is InChI=1S/C58H39N/c1-3-16-40(17-4-1)49-23-11-14-27-55(49)58-52(41-18-5-2-6-19-41)28-15-29-57(58)59(47-36-37-51-45(38-47)31-30-42-20-7-9-22-48(42)51)46-34-32-43(33-35-46)56-39-44-21-8-10-24-50(44)53-25-12-13-26-54(53)56/h1-39H. The van der Waals surface area contributed by atoms with Crippen LogP contribution in [0.15, 0.2) is 237 Å². The Labute approximate surface area is 344 Å². The molecule has 0 bridgehead atoms. The van der Waals surface area contributed by atoms with Crippen LogP contribution in [-0.4, -0.2) is 0 Å². The predicted molar refractivity (Wildman–Crippen MR) is 253 cm³/mol. The maximum atomic E-state index is 2.46. The van der Waals surface area contributed by atoms with Crippen LogP contribution in [0, 0.1) is 0 Å². The fraction of sp³-hybridized carbons (Fsp3) is 0. The van der Waals surface area contributed by atoms with Gasteiger partial charge in [-0.2, -0.15) is 0 Å². The van der Waals surface area contributed by atoms with E-state index in [0.29, 0.717) is 0 Å². The second-order valence-corrected chi connectivity index (χ2v) is 15.2. The van der Waals surface area contributed by atoms with Crippen molar-refractivity contribution >= 4 is 60.2 Å². The summed E-state index contributed by atoms with van der Waals surface area (Å²) in [5.74, 6) is 0. The summed E-state index contributed by atoms with van der Waals surface area (Å²) in [7, 11) is 0. The van der Waals surface area contributed by atoms with Crippen molar-refractivity contribution in [1.82, 2.24) is 0 Å². The van der Waals surface area contributed by atoms with Crippen LogP contribution < -0.4 is 4.90 Å². The Morgan fingerprint density at radius 1 is 0.237 bits per heavy atom. The molecule has 59 heavy (non-hydrogen) atoms. The lowest BCUT2D eigenvalue weighted by atomic mass is 9.87. The first-order chi connectivity index (χ1) is 29.3. The predicted octanol–water partition coefficient (Wildman–Crippen LogP) is 16.4. The van der Waals surface area contributed by atoms with E-state index >= 15 is 0 Å². The van der Waals surface area contributed by atoms with Gasteiger partial charge in [-0.3, -0.25) is 0 Å². The molecular weight excluding hydrogens is 711 g/mol. The van der Waals surface area contributed by atoms with Gasteiger partial charge in [-0.05, 0) is 118 Å². The zero-order valence-corrected chi connectivity index (χ0v) is 32.5. The highest BCUT2D eigenvalue weighted by Gasteiger charge is 2.23. The average Bonchev–Trinajstić information content (AvgIpc) is 3.32. The van der Waals surface area contributed by atoms with E-state index in [1.165, 1.54) is 87.6 Å². The third-order valence-electron chi connectivity index (χ3n) is 11.8. The van der Waals surface area contributed by atoms with E-state index in [4.69, 9.17) is 0 Å². The quantitative estimate of drug-likeness (QED) is 0.147. The number of nitrogens with zero attached hydrogens (tertiary/aromatic N) is 1. The topological polar surface area (TPSA) is 3.24 Å². The molecule has 0 radical (unpaired) electrons. The zero-order valence-electron chi connectivity index (χ0n) is 32.5. The summed E-state index contributed by atoms with van der Waals surface area (Å²) < 4.78 is 0. The molecule has 0 aliphatic carbocycles. The normalized spacial score (nSPS) is 11.4. The summed E-state index contributed by atoms with van der Waals surface area (Å²) in [4.78, 5) is 2.46. The Morgan fingerprint density at radius 3 is 1.47 bits per heavy atom. The molecule has 0 fully saturated rings. The largest absolute Gasteiger partial charge is 0.310 e. The van der Waals surface area contributed by atoms with E-state index in [1.807, 2.05) is 0 Å². The van der Waals surface area contributed by atoms with Crippen LogP contribution in [0.25, 0.3) is 87.6 Å². The van der Waals surface area contributed by atoms with E-state index in [1.54, 1.807) is 0 Å². The SMILES string of the molecule is c1ccc(-c2ccccc2-c2c(-c3ccccc3)cccc2N(c2ccc(-c3cc4ccccc4c4ccccc34)cc2)c2ccc3c(ccc4ccccc43)c2)cc1. The summed E-state index contributed by atoms with van der Waals surface area (Å²) in [5.41, 5.74) is 12.8. The van der Waals surface area contributed by atoms with Crippen LogP contribution in [0.3, 0.4) is 0 Å². The van der Waals surface area contributed by atoms with Crippen LogP contribution in [-0.2, 0) is 0 Å². The van der Waals surface area contributed by atoms with Crippen LogP contribution in [0.2, 0.25) is 0 Å². The Hall–Kier alpha value is -7.74. The molecule has 11 aromatic rings. The summed E-state index contributed by atoms with van der Waals surface area (Å²) in [6, 6.07) is 86.4. The molecule has 0 aliphatic heterocycles. The van der Waals surface area contributed by atoms with Crippen LogP contribution >= 0.6 is 0 Å². The Bertz CT molecular complexity index is 3310. The number of hydrogen-bond donors (Lipinski definition) is 0. The molecule has 1 nitrogen and oxygen atoms in total. The van der Waals surface area contributed by atoms with E-state index in [2.05, 4.69) is 241 Å². The molecule has 0 N–H and O–H groups in total. The molecule has 0 heterocycles. The van der Waals surface area contributed by atoms with Gasteiger partial charge in [-0.25, -0.2) is 0 Å². The lowest BCUT2D eigenvalue weighted by Gasteiger charge is -2.30. The molecule has 0 saturated heterocycles. The first-order valence-electron chi connectivity index (χ1n) is 20.3. The smallest absolute Gasteiger partial charge is 0.0546 e. The number of anilines is 3. The molecule has 0 spiro atoms. The van der Waals surface area contributed by atoms with Crippen molar-refractivity contribution in [2.45, 2.75) is 0 Å². The highest BCUT2D eigenvalue weighted by molar-refractivity contribution is 6.14. The third kappa shape index (κ3) is 6.12. The van der Waals surface area contributed by atoms with Crippen molar-refractivity contribution in [3.05, 3.63) is 237 Å². The second kappa shape index (κ2) is 14.6. The molecule has 0 saturated carbocycles. The second-order valence-electron chi connectivity index (χ2n) is 15.2. The zero-order chi connectivity index (χ0) is 39.1. The molecule has 0 atom stereocenters. The molecule has 0 aliphatic rings. The highest BCUT2D eigenvalue weighted by Crippen LogP contribution is 2.49. The first-order valence-corrected chi connectivity index (χ1v) is 20.3. The van der Waals surface area contributed by atoms with Crippen LogP contribution in [0.1, 0.15) is 0 Å². The van der Waals surface area contributed by atoms with Crippen molar-refractivity contribution < 1.29 is 0 Å².